The van der Waals surface area contributed by atoms with Crippen LogP contribution in [0.3, 0.4) is 0 Å². The van der Waals surface area contributed by atoms with Gasteiger partial charge in [-0.1, -0.05) is 255 Å². The molecule has 21 rings (SSSR count). The van der Waals surface area contributed by atoms with E-state index in [2.05, 4.69) is 291 Å². The molecule has 10 heterocycles. The predicted molar refractivity (Wildman–Crippen MR) is 434 cm³/mol. The lowest BCUT2D eigenvalue weighted by atomic mass is 9.95. The summed E-state index contributed by atoms with van der Waals surface area (Å²) in [5, 5.41) is 10.3. The zero-order chi connectivity index (χ0) is 69.8. The minimum absolute atomic E-state index is 0.755. The van der Waals surface area contributed by atoms with Crippen molar-refractivity contribution in [2.45, 2.75) is 0 Å². The summed E-state index contributed by atoms with van der Waals surface area (Å²) in [6, 6.07) is 118. The van der Waals surface area contributed by atoms with Crippen molar-refractivity contribution < 1.29 is 0 Å². The summed E-state index contributed by atoms with van der Waals surface area (Å²) in [7, 11) is 0. The quantitative estimate of drug-likeness (QED) is 0.122. The fraction of sp³-hybridized carbons (Fsp3) is 0. The Morgan fingerprint density at radius 2 is 0.377 bits per heavy atom. The lowest BCUT2D eigenvalue weighted by Crippen LogP contribution is -1.95. The maximum absolute atomic E-state index is 5.44. The summed E-state index contributed by atoms with van der Waals surface area (Å²) >= 11 is 0. The van der Waals surface area contributed by atoms with E-state index in [0.717, 1.165) is 222 Å². The molecule has 21 aromatic rings. The van der Waals surface area contributed by atoms with Crippen LogP contribution in [0.1, 0.15) is 0 Å². The average molecular weight is 1350 g/mol. The van der Waals surface area contributed by atoms with E-state index in [1.165, 1.54) is 0 Å². The fourth-order valence-corrected chi connectivity index (χ4v) is 15.0. The smallest absolute Gasteiger partial charge is 0.0978 e. The first-order valence-corrected chi connectivity index (χ1v) is 35.5. The number of rotatable bonds is 10. The molecule has 490 valence electrons. The molecular weight excluding hydrogens is 1290 g/mol. The van der Waals surface area contributed by atoms with Crippen molar-refractivity contribution in [3.8, 4) is 113 Å². The topological polar surface area (TPSA) is 129 Å². The van der Waals surface area contributed by atoms with Crippen molar-refractivity contribution in [1.82, 2.24) is 49.8 Å². The third kappa shape index (κ3) is 10.7. The second-order valence-electron chi connectivity index (χ2n) is 27.1. The predicted octanol–water partition coefficient (Wildman–Crippen LogP) is 23.8. The van der Waals surface area contributed by atoms with Crippen LogP contribution >= 0.6 is 0 Å². The van der Waals surface area contributed by atoms with E-state index in [1.807, 2.05) is 48.5 Å². The largest absolute Gasteiger partial charge is 0.248 e. The number of hydrogen-bond acceptors (Lipinski definition) is 10. The average Bonchev–Trinajstić information content (AvgIpc) is 0.702. The molecule has 10 heteroatoms. The highest BCUT2D eigenvalue weighted by Gasteiger charge is 2.19. The second-order valence-corrected chi connectivity index (χ2v) is 27.1. The van der Waals surface area contributed by atoms with Crippen molar-refractivity contribution in [3.05, 3.63) is 340 Å². The van der Waals surface area contributed by atoms with E-state index in [-0.39, 0.29) is 0 Å². The molecule has 0 saturated heterocycles. The van der Waals surface area contributed by atoms with Crippen molar-refractivity contribution in [2.24, 2.45) is 0 Å². The van der Waals surface area contributed by atoms with E-state index in [9.17, 15) is 0 Å². The van der Waals surface area contributed by atoms with Gasteiger partial charge in [0.2, 0.25) is 0 Å². The summed E-state index contributed by atoms with van der Waals surface area (Å²) in [6.45, 7) is 0. The number of hydrogen-bond donors (Lipinski definition) is 0. The Hall–Kier alpha value is -14.5. The van der Waals surface area contributed by atoms with Crippen LogP contribution in [-0.4, -0.2) is 49.8 Å². The molecule has 0 aliphatic heterocycles. The van der Waals surface area contributed by atoms with Crippen LogP contribution in [0.5, 0.6) is 0 Å². The van der Waals surface area contributed by atoms with Gasteiger partial charge >= 0.3 is 0 Å². The summed E-state index contributed by atoms with van der Waals surface area (Å²) < 4.78 is 0. The number of aromatic nitrogens is 10. The van der Waals surface area contributed by atoms with E-state index in [1.54, 1.807) is 0 Å². The molecule has 10 nitrogen and oxygen atoms in total. The van der Waals surface area contributed by atoms with Gasteiger partial charge in [0.1, 0.15) is 0 Å². The summed E-state index contributed by atoms with van der Waals surface area (Å²) in [5.41, 5.74) is 27.3. The molecule has 0 bridgehead atoms. The zero-order valence-electron chi connectivity index (χ0n) is 56.8. The van der Waals surface area contributed by atoms with Gasteiger partial charge in [0.05, 0.1) is 112 Å². The molecule has 0 radical (unpaired) electrons. The highest BCUT2D eigenvalue weighted by molar-refractivity contribution is 6.11. The number of pyridine rings is 10. The Labute approximate surface area is 607 Å². The third-order valence-corrected chi connectivity index (χ3v) is 20.6. The molecule has 0 unspecified atom stereocenters. The van der Waals surface area contributed by atoms with E-state index >= 15 is 0 Å². The van der Waals surface area contributed by atoms with Crippen LogP contribution in [0.2, 0.25) is 0 Å². The Bertz CT molecular complexity index is 7190. The Kier molecular flexibility index (Phi) is 14.0. The Balaban J connectivity index is 0.575. The Morgan fingerprint density at radius 3 is 0.783 bits per heavy atom. The number of benzene rings is 11. The fourth-order valence-electron chi connectivity index (χ4n) is 15.0. The molecule has 0 aliphatic carbocycles. The zero-order valence-corrected chi connectivity index (χ0v) is 56.8. The van der Waals surface area contributed by atoms with Gasteiger partial charge in [0.15, 0.2) is 0 Å². The van der Waals surface area contributed by atoms with Crippen LogP contribution in [0.25, 0.3) is 222 Å². The van der Waals surface area contributed by atoms with Gasteiger partial charge in [-0.05, 0) is 107 Å². The Morgan fingerprint density at radius 1 is 0.132 bits per heavy atom. The first-order valence-electron chi connectivity index (χ1n) is 35.5. The van der Waals surface area contributed by atoms with Gasteiger partial charge < -0.3 is 0 Å². The lowest BCUT2D eigenvalue weighted by Gasteiger charge is -2.14. The van der Waals surface area contributed by atoms with Crippen LogP contribution in [0.15, 0.2) is 340 Å². The summed E-state index contributed by atoms with van der Waals surface area (Å²) in [6.07, 6.45) is 0. The monoisotopic (exact) mass is 1350 g/mol. The molecule has 10 aromatic heterocycles. The molecule has 0 amide bonds. The summed E-state index contributed by atoms with van der Waals surface area (Å²) in [5.74, 6) is 0. The SMILES string of the molecule is c1ccc(-c2ccc3ccc4ccc(-c5ccc6ccc(-c7ccc8ccc(-c9ccc%10ccc%11c(-c%12ccc(-c%13ccc%14ccc(-c%15ccc%16ccc(-c%17ccc%18ccc%19ccc(-c%20ccccc%20)nc%19c%18n%17)nc%16c%15)nc%14c%13)cc%12)cc(-c%12ccccc%12)nc%11c%10n9)nc8c7)nc6c5)nc4c3n2)cc1. The van der Waals surface area contributed by atoms with Crippen molar-refractivity contribution >= 4 is 109 Å². The maximum atomic E-state index is 5.44. The van der Waals surface area contributed by atoms with Crippen LogP contribution < -0.4 is 0 Å². The molecule has 0 N–H and O–H groups in total. The molecule has 11 aromatic carbocycles. The molecular formula is C96H56N10. The van der Waals surface area contributed by atoms with E-state index in [0.29, 0.717) is 0 Å². The number of nitrogens with zero attached hydrogens (tertiary/aromatic N) is 10. The normalized spacial score (nSPS) is 11.8. The van der Waals surface area contributed by atoms with Gasteiger partial charge in [-0.25, -0.2) is 49.8 Å². The van der Waals surface area contributed by atoms with E-state index in [4.69, 9.17) is 49.8 Å². The first kappa shape index (κ1) is 60.3. The molecule has 0 atom stereocenters. The highest BCUT2D eigenvalue weighted by atomic mass is 14.8. The molecule has 0 aliphatic rings. The van der Waals surface area contributed by atoms with Crippen molar-refractivity contribution in [1.29, 1.82) is 0 Å². The van der Waals surface area contributed by atoms with Gasteiger partial charge in [0, 0.05) is 87.2 Å². The molecule has 0 fully saturated rings. The van der Waals surface area contributed by atoms with Crippen molar-refractivity contribution in [2.75, 3.05) is 0 Å². The standard InChI is InChI=1S/C96H56N10/c1-4-10-59(11-5-1)77-45-37-66-24-25-68-39-47-81(103-92(68)91(66)101-77)74-31-23-63-34-44-80(98-87(63)55-74)73-30-22-65-36-49-83(100-89(65)54-73)85-51-41-70-32-42-75-76(56-90(61-14-8-3-9-15-61)106-96(75)95(70)105-85)58-18-16-57(17-19-58)71-28-20-62-33-43-79(97-86(62)52-71)72-29-21-64-35-48-82(99-88(64)53-72)84-50-40-69-27-26-67-38-46-78(60-12-6-2-7-13-60)102-93(67)94(69)104-84/h1-56H. The van der Waals surface area contributed by atoms with Crippen LogP contribution in [-0.2, 0) is 0 Å². The first-order chi connectivity index (χ1) is 52.4. The van der Waals surface area contributed by atoms with Gasteiger partial charge in [-0.3, -0.25) is 0 Å². The second kappa shape index (κ2) is 24.7. The van der Waals surface area contributed by atoms with E-state index < -0.39 is 0 Å². The van der Waals surface area contributed by atoms with Crippen molar-refractivity contribution in [3.63, 3.8) is 0 Å². The maximum Gasteiger partial charge on any atom is 0.0978 e. The summed E-state index contributed by atoms with van der Waals surface area (Å²) in [4.78, 5) is 52.7. The van der Waals surface area contributed by atoms with Crippen LogP contribution in [0.4, 0.5) is 0 Å². The number of fused-ring (bicyclic) bond motifs is 13. The molecule has 0 saturated carbocycles. The molecule has 106 heavy (non-hydrogen) atoms. The third-order valence-electron chi connectivity index (χ3n) is 20.6. The minimum atomic E-state index is 0.755. The van der Waals surface area contributed by atoms with Gasteiger partial charge in [0.25, 0.3) is 0 Å². The lowest BCUT2D eigenvalue weighted by molar-refractivity contribution is 1.31. The van der Waals surface area contributed by atoms with Gasteiger partial charge in [-0.15, -0.1) is 0 Å². The highest BCUT2D eigenvalue weighted by Crippen LogP contribution is 2.40. The minimum Gasteiger partial charge on any atom is -0.248 e. The van der Waals surface area contributed by atoms with Crippen LogP contribution in [0, 0.1) is 0 Å². The molecule has 0 spiro atoms. The van der Waals surface area contributed by atoms with Gasteiger partial charge in [-0.2, -0.15) is 0 Å².